The smallest absolute Gasteiger partial charge is 0.338 e. The van der Waals surface area contributed by atoms with Crippen molar-refractivity contribution in [1.29, 1.82) is 0 Å². The first-order chi connectivity index (χ1) is 24.9. The molecule has 0 bridgehead atoms. The number of methoxy groups -OCH3 is 1. The number of esters is 1. The number of aromatic nitrogens is 1. The van der Waals surface area contributed by atoms with Crippen molar-refractivity contribution in [3.05, 3.63) is 117 Å². The van der Waals surface area contributed by atoms with Crippen LogP contribution in [0.25, 0.3) is 11.1 Å². The molecule has 3 aliphatic rings. The van der Waals surface area contributed by atoms with Crippen LogP contribution in [0, 0.1) is 12.7 Å². The van der Waals surface area contributed by atoms with E-state index in [4.69, 9.17) is 9.73 Å². The molecule has 3 aliphatic heterocycles. The summed E-state index contributed by atoms with van der Waals surface area (Å²) in [6.45, 7) is 7.75. The van der Waals surface area contributed by atoms with Crippen LogP contribution in [0.1, 0.15) is 41.6 Å². The number of piperazine rings is 1. The molecule has 4 aromatic rings. The van der Waals surface area contributed by atoms with E-state index in [0.717, 1.165) is 22.4 Å². The van der Waals surface area contributed by atoms with Gasteiger partial charge in [0.1, 0.15) is 11.9 Å². The number of rotatable bonds is 9. The van der Waals surface area contributed by atoms with Crippen molar-refractivity contribution >= 4 is 40.8 Å². The lowest BCUT2D eigenvalue weighted by atomic mass is 9.84. The average molecular weight is 723 g/mol. The van der Waals surface area contributed by atoms with Gasteiger partial charge in [-0.2, -0.15) is 0 Å². The molecule has 2 saturated heterocycles. The van der Waals surface area contributed by atoms with Gasteiger partial charge in [-0.3, -0.25) is 19.6 Å². The Labute approximate surface area is 305 Å². The number of urea groups is 1. The van der Waals surface area contributed by atoms with Crippen molar-refractivity contribution in [2.45, 2.75) is 38.3 Å². The number of amides is 2. The van der Waals surface area contributed by atoms with E-state index in [1.807, 2.05) is 58.8 Å². The van der Waals surface area contributed by atoms with E-state index in [1.54, 1.807) is 37.9 Å². The predicted molar refractivity (Wildman–Crippen MR) is 197 cm³/mol. The van der Waals surface area contributed by atoms with Crippen LogP contribution in [0.2, 0.25) is 0 Å². The molecule has 1 aromatic heterocycles. The van der Waals surface area contributed by atoms with Gasteiger partial charge in [-0.1, -0.05) is 42.5 Å². The summed E-state index contributed by atoms with van der Waals surface area (Å²) in [5.41, 5.74) is 4.79. The number of benzene rings is 3. The first kappa shape index (κ1) is 35.0. The Kier molecular flexibility index (Phi) is 9.40. The summed E-state index contributed by atoms with van der Waals surface area (Å²) in [4.78, 5) is 54.0. The fourth-order valence-corrected chi connectivity index (χ4v) is 7.67. The molecule has 0 aliphatic carbocycles. The molecule has 0 unspecified atom stereocenters. The number of nitrogens with zero attached hydrogens (tertiary/aromatic N) is 5. The van der Waals surface area contributed by atoms with Crippen LogP contribution in [0.15, 0.2) is 94.6 Å². The molecule has 3 aromatic carbocycles. The summed E-state index contributed by atoms with van der Waals surface area (Å²) in [6, 6.07) is 19.0. The highest BCUT2D eigenvalue weighted by Gasteiger charge is 2.42. The van der Waals surface area contributed by atoms with Crippen LogP contribution in [0.3, 0.4) is 0 Å². The van der Waals surface area contributed by atoms with E-state index in [1.165, 1.54) is 30.6 Å². The number of halogens is 1. The number of carboxylic acid groups (broad SMARTS) is 1. The number of aryl methyl sites for hydroxylation is 1. The van der Waals surface area contributed by atoms with E-state index in [0.29, 0.717) is 66.0 Å². The average Bonchev–Trinajstić information content (AvgIpc) is 3.80. The summed E-state index contributed by atoms with van der Waals surface area (Å²) < 4.78 is 19.4. The molecule has 2 amide bonds. The van der Waals surface area contributed by atoms with Gasteiger partial charge in [-0.15, -0.1) is 11.3 Å². The van der Waals surface area contributed by atoms with Crippen molar-refractivity contribution < 1.29 is 28.6 Å². The minimum Gasteiger partial charge on any atom is -0.481 e. The van der Waals surface area contributed by atoms with E-state index >= 15 is 0 Å². The molecule has 4 heterocycles. The highest BCUT2D eigenvalue weighted by atomic mass is 32.1. The van der Waals surface area contributed by atoms with E-state index < -0.39 is 23.4 Å². The van der Waals surface area contributed by atoms with Gasteiger partial charge in [0.2, 0.25) is 0 Å². The molecule has 11 nitrogen and oxygen atoms in total. The molecule has 7 rings (SSSR count). The Bertz CT molecular complexity index is 2080. The molecular formula is C39H39FN6O5S. The van der Waals surface area contributed by atoms with Crippen LogP contribution in [0.5, 0.6) is 0 Å². The largest absolute Gasteiger partial charge is 0.481 e. The second kappa shape index (κ2) is 14.0. The maximum Gasteiger partial charge on any atom is 0.338 e. The minimum absolute atomic E-state index is 0.0482. The number of fused-ring (bicyclic) bond motifs is 1. The Hall–Kier alpha value is -5.40. The zero-order valence-electron chi connectivity index (χ0n) is 29.3. The Balaban J connectivity index is 1.09. The number of anilines is 1. The van der Waals surface area contributed by atoms with Crippen molar-refractivity contribution in [3.8, 4) is 11.1 Å². The van der Waals surface area contributed by atoms with Crippen molar-refractivity contribution in [3.63, 3.8) is 0 Å². The maximum absolute atomic E-state index is 14.1. The summed E-state index contributed by atoms with van der Waals surface area (Å²) in [6.07, 6.45) is 1.69. The van der Waals surface area contributed by atoms with Gasteiger partial charge >= 0.3 is 18.0 Å². The van der Waals surface area contributed by atoms with Gasteiger partial charge in [-0.05, 0) is 72.9 Å². The first-order valence-corrected chi connectivity index (χ1v) is 17.9. The van der Waals surface area contributed by atoms with E-state index in [9.17, 15) is 23.9 Å². The normalized spacial score (nSPS) is 19.3. The fraction of sp³-hybridized carbons (Fsp3) is 0.308. The van der Waals surface area contributed by atoms with Gasteiger partial charge in [-0.25, -0.2) is 19.0 Å². The number of nitrogens with one attached hydrogen (secondary N) is 1. The summed E-state index contributed by atoms with van der Waals surface area (Å²) in [5.74, 6) is -1.25. The second-order valence-corrected chi connectivity index (χ2v) is 14.7. The SMILES string of the molecule is COC(=O)C1=C(CN2CCN3C(=O)N(c4ccc(-c5ccc(C(C)(C)C(=O)O)cc5)cc4)C[C@@H]3C2)NC(c2nccs2)=N[C@H]1c1ccc(F)cc1C. The third-order valence-corrected chi connectivity index (χ3v) is 10.9. The standard InChI is InChI=1S/C39H39FN6O5S/c1-23-19-27(40)11-14-30(23)33-32(36(47)51-4)31(42-34(43-33)35-41-15-18-52-35)22-44-16-17-45-29(20-44)21-46(38(45)50)28-12-7-25(8-13-28)24-5-9-26(10-6-24)39(2,3)37(48)49/h5-15,18-19,29,33H,16-17,20-22H2,1-4H3,(H,42,43)(H,48,49)/t29-,33-/m0/s1. The lowest BCUT2D eigenvalue weighted by molar-refractivity contribution is -0.142. The third-order valence-electron chi connectivity index (χ3n) is 10.2. The summed E-state index contributed by atoms with van der Waals surface area (Å²) in [7, 11) is 1.34. The number of ether oxygens (including phenoxy) is 1. The van der Waals surface area contributed by atoms with Gasteiger partial charge in [0.25, 0.3) is 0 Å². The van der Waals surface area contributed by atoms with Gasteiger partial charge in [0.05, 0.1) is 24.1 Å². The number of carbonyl (C=O) groups is 3. The molecule has 2 N–H and O–H groups in total. The van der Waals surface area contributed by atoms with Crippen LogP contribution in [-0.2, 0) is 19.7 Å². The molecule has 52 heavy (non-hydrogen) atoms. The van der Waals surface area contributed by atoms with Gasteiger partial charge in [0, 0.05) is 55.7 Å². The predicted octanol–water partition coefficient (Wildman–Crippen LogP) is 5.76. The Morgan fingerprint density at radius 3 is 2.38 bits per heavy atom. The van der Waals surface area contributed by atoms with E-state index in [-0.39, 0.29) is 17.9 Å². The summed E-state index contributed by atoms with van der Waals surface area (Å²) >= 11 is 1.42. The fourth-order valence-electron chi connectivity index (χ4n) is 7.08. The van der Waals surface area contributed by atoms with Gasteiger partial charge in [0.15, 0.2) is 10.8 Å². The molecule has 0 radical (unpaired) electrons. The minimum atomic E-state index is -0.988. The van der Waals surface area contributed by atoms with E-state index in [2.05, 4.69) is 15.2 Å². The first-order valence-electron chi connectivity index (χ1n) is 17.0. The van der Waals surface area contributed by atoms with Crippen LogP contribution in [0.4, 0.5) is 14.9 Å². The highest BCUT2D eigenvalue weighted by molar-refractivity contribution is 7.11. The van der Waals surface area contributed by atoms with Crippen LogP contribution >= 0.6 is 11.3 Å². The van der Waals surface area contributed by atoms with Gasteiger partial charge < -0.3 is 20.1 Å². The van der Waals surface area contributed by atoms with Crippen molar-refractivity contribution in [1.82, 2.24) is 20.1 Å². The van der Waals surface area contributed by atoms with Crippen molar-refractivity contribution in [2.24, 2.45) is 4.99 Å². The number of aliphatic imine (C=N–C) groups is 1. The number of thiazole rings is 1. The Morgan fingerprint density at radius 1 is 1.04 bits per heavy atom. The molecular weight excluding hydrogens is 684 g/mol. The number of hydrogen-bond donors (Lipinski definition) is 2. The molecule has 13 heteroatoms. The lowest BCUT2D eigenvalue weighted by Gasteiger charge is -2.38. The number of aliphatic carboxylic acids is 1. The zero-order valence-corrected chi connectivity index (χ0v) is 30.1. The zero-order chi connectivity index (χ0) is 36.7. The third kappa shape index (κ3) is 6.57. The number of carbonyl (C=O) groups excluding carboxylic acids is 2. The second-order valence-electron chi connectivity index (χ2n) is 13.8. The van der Waals surface area contributed by atoms with Crippen LogP contribution < -0.4 is 10.2 Å². The topological polar surface area (TPSA) is 128 Å². The molecule has 0 saturated carbocycles. The highest BCUT2D eigenvalue weighted by Crippen LogP contribution is 2.36. The monoisotopic (exact) mass is 722 g/mol. The maximum atomic E-state index is 14.1. The number of carboxylic acids is 1. The number of hydrogen-bond acceptors (Lipinski definition) is 9. The summed E-state index contributed by atoms with van der Waals surface area (Å²) in [5, 5.41) is 15.5. The molecule has 268 valence electrons. The Morgan fingerprint density at radius 2 is 1.75 bits per heavy atom. The molecule has 2 fully saturated rings. The lowest BCUT2D eigenvalue weighted by Crippen LogP contribution is -2.53. The molecule has 0 spiro atoms. The number of amidine groups is 1. The van der Waals surface area contributed by atoms with Crippen molar-refractivity contribution in [2.75, 3.05) is 44.7 Å². The molecule has 2 atom stereocenters. The quantitative estimate of drug-likeness (QED) is 0.209. The van der Waals surface area contributed by atoms with Crippen LogP contribution in [-0.4, -0.2) is 89.6 Å².